The molecular formula is C8H19NO2S. The molecule has 0 saturated carbocycles. The molecular weight excluding hydrogens is 174 g/mol. The van der Waals surface area contributed by atoms with E-state index in [1.807, 2.05) is 27.7 Å². The van der Waals surface area contributed by atoms with E-state index in [-0.39, 0.29) is 6.04 Å². The number of rotatable bonds is 4. The zero-order valence-corrected chi connectivity index (χ0v) is 9.27. The lowest BCUT2D eigenvalue weighted by Crippen LogP contribution is -2.41. The van der Waals surface area contributed by atoms with Crippen LogP contribution in [0.3, 0.4) is 0 Å². The summed E-state index contributed by atoms with van der Waals surface area (Å²) in [5, 5.41) is 0. The van der Waals surface area contributed by atoms with Gasteiger partial charge in [-0.1, -0.05) is 27.7 Å². The van der Waals surface area contributed by atoms with Gasteiger partial charge in [0.15, 0.2) is 0 Å². The third kappa shape index (κ3) is 4.72. The first-order valence-electron chi connectivity index (χ1n) is 4.21. The highest BCUT2D eigenvalue weighted by molar-refractivity contribution is 7.88. The number of sulfonamides is 1. The van der Waals surface area contributed by atoms with Gasteiger partial charge in [0.2, 0.25) is 10.0 Å². The van der Waals surface area contributed by atoms with Crippen LogP contribution in [0.1, 0.15) is 27.7 Å². The van der Waals surface area contributed by atoms with E-state index < -0.39 is 10.0 Å². The zero-order valence-electron chi connectivity index (χ0n) is 8.46. The molecule has 4 heteroatoms. The van der Waals surface area contributed by atoms with Crippen molar-refractivity contribution >= 4 is 10.0 Å². The molecule has 12 heavy (non-hydrogen) atoms. The minimum absolute atomic E-state index is 0.0417. The second-order valence-corrected chi connectivity index (χ2v) is 5.68. The van der Waals surface area contributed by atoms with Gasteiger partial charge in [-0.25, -0.2) is 13.1 Å². The molecule has 0 bridgehead atoms. The largest absolute Gasteiger partial charge is 0.213 e. The van der Waals surface area contributed by atoms with Gasteiger partial charge in [-0.3, -0.25) is 0 Å². The Kier molecular flexibility index (Phi) is 4.20. The Hall–Kier alpha value is -0.0900. The van der Waals surface area contributed by atoms with Crippen LogP contribution in [0.25, 0.3) is 0 Å². The third-order valence-corrected chi connectivity index (χ3v) is 2.49. The molecule has 0 aromatic carbocycles. The second-order valence-electron chi connectivity index (χ2n) is 3.90. The minimum atomic E-state index is -3.06. The smallest absolute Gasteiger partial charge is 0.208 e. The maximum Gasteiger partial charge on any atom is 0.208 e. The van der Waals surface area contributed by atoms with Crippen molar-refractivity contribution in [1.29, 1.82) is 0 Å². The molecule has 0 radical (unpaired) electrons. The number of hydrogen-bond acceptors (Lipinski definition) is 2. The zero-order chi connectivity index (χ0) is 9.94. The molecule has 0 aromatic heterocycles. The Morgan fingerprint density at radius 1 is 1.00 bits per heavy atom. The molecule has 0 aliphatic heterocycles. The van der Waals surface area contributed by atoms with E-state index in [9.17, 15) is 8.42 Å². The number of nitrogens with one attached hydrogen (secondary N) is 1. The van der Waals surface area contributed by atoms with Crippen molar-refractivity contribution in [3.05, 3.63) is 0 Å². The molecule has 1 N–H and O–H groups in total. The summed E-state index contributed by atoms with van der Waals surface area (Å²) < 4.78 is 24.5. The van der Waals surface area contributed by atoms with E-state index in [1.54, 1.807) is 0 Å². The summed E-state index contributed by atoms with van der Waals surface area (Å²) in [6.45, 7) is 8.07. The van der Waals surface area contributed by atoms with E-state index in [1.165, 1.54) is 6.26 Å². The highest BCUT2D eigenvalue weighted by Gasteiger charge is 2.20. The van der Waals surface area contributed by atoms with Crippen LogP contribution in [0.4, 0.5) is 0 Å². The third-order valence-electron chi connectivity index (χ3n) is 1.79. The molecule has 0 unspecified atom stereocenters. The van der Waals surface area contributed by atoms with Gasteiger partial charge < -0.3 is 0 Å². The fourth-order valence-corrected chi connectivity index (χ4v) is 2.33. The van der Waals surface area contributed by atoms with Crippen molar-refractivity contribution in [3.63, 3.8) is 0 Å². The van der Waals surface area contributed by atoms with Gasteiger partial charge in [-0.15, -0.1) is 0 Å². The van der Waals surface area contributed by atoms with Gasteiger partial charge in [0.05, 0.1) is 6.26 Å². The summed E-state index contributed by atoms with van der Waals surface area (Å²) in [5.74, 6) is 0.666. The molecule has 74 valence electrons. The summed E-state index contributed by atoms with van der Waals surface area (Å²) in [4.78, 5) is 0. The first kappa shape index (κ1) is 11.9. The molecule has 0 heterocycles. The summed E-state index contributed by atoms with van der Waals surface area (Å²) in [7, 11) is -3.06. The maximum absolute atomic E-state index is 10.9. The summed E-state index contributed by atoms with van der Waals surface area (Å²) >= 11 is 0. The van der Waals surface area contributed by atoms with Crippen LogP contribution in [0.5, 0.6) is 0 Å². The highest BCUT2D eigenvalue weighted by atomic mass is 32.2. The van der Waals surface area contributed by atoms with Crippen molar-refractivity contribution in [3.8, 4) is 0 Å². The Bertz CT molecular complexity index is 211. The van der Waals surface area contributed by atoms with Gasteiger partial charge in [0, 0.05) is 6.04 Å². The minimum Gasteiger partial charge on any atom is -0.213 e. The van der Waals surface area contributed by atoms with Crippen molar-refractivity contribution in [2.45, 2.75) is 33.7 Å². The van der Waals surface area contributed by atoms with Crippen LogP contribution < -0.4 is 4.72 Å². The van der Waals surface area contributed by atoms with Gasteiger partial charge in [-0.05, 0) is 11.8 Å². The van der Waals surface area contributed by atoms with E-state index in [2.05, 4.69) is 4.72 Å². The molecule has 0 spiro atoms. The van der Waals surface area contributed by atoms with Crippen molar-refractivity contribution in [1.82, 2.24) is 4.72 Å². The fraction of sp³-hybridized carbons (Fsp3) is 1.00. The predicted molar refractivity (Wildman–Crippen MR) is 51.4 cm³/mol. The highest BCUT2D eigenvalue weighted by Crippen LogP contribution is 2.12. The van der Waals surface area contributed by atoms with Gasteiger partial charge >= 0.3 is 0 Å². The van der Waals surface area contributed by atoms with E-state index in [0.717, 1.165) is 0 Å². The maximum atomic E-state index is 10.9. The van der Waals surface area contributed by atoms with Gasteiger partial charge in [0.25, 0.3) is 0 Å². The standard InChI is InChI=1S/C8H19NO2S/c1-6(2)8(7(3)4)9-12(5,10)11/h6-9H,1-5H3. The molecule has 0 aliphatic carbocycles. The molecule has 0 rings (SSSR count). The van der Waals surface area contributed by atoms with Crippen LogP contribution in [-0.2, 0) is 10.0 Å². The Labute approximate surface area is 75.6 Å². The lowest BCUT2D eigenvalue weighted by molar-refractivity contribution is 0.356. The quantitative estimate of drug-likeness (QED) is 0.729. The van der Waals surface area contributed by atoms with Crippen LogP contribution in [-0.4, -0.2) is 20.7 Å². The second kappa shape index (κ2) is 4.23. The van der Waals surface area contributed by atoms with E-state index >= 15 is 0 Å². The first-order valence-corrected chi connectivity index (χ1v) is 6.10. The van der Waals surface area contributed by atoms with Crippen molar-refractivity contribution < 1.29 is 8.42 Å². The summed E-state index contributed by atoms with van der Waals surface area (Å²) in [5.41, 5.74) is 0. The van der Waals surface area contributed by atoms with Crippen molar-refractivity contribution in [2.75, 3.05) is 6.26 Å². The van der Waals surface area contributed by atoms with E-state index in [4.69, 9.17) is 0 Å². The molecule has 0 saturated heterocycles. The monoisotopic (exact) mass is 193 g/mol. The van der Waals surface area contributed by atoms with Crippen LogP contribution in [0, 0.1) is 11.8 Å². The lowest BCUT2D eigenvalue weighted by Gasteiger charge is -2.24. The SMILES string of the molecule is CC(C)C(NS(C)(=O)=O)C(C)C. The van der Waals surface area contributed by atoms with Crippen LogP contribution >= 0.6 is 0 Å². The first-order chi connectivity index (χ1) is 5.24. The molecule has 0 amide bonds. The Morgan fingerprint density at radius 3 is 1.42 bits per heavy atom. The van der Waals surface area contributed by atoms with Gasteiger partial charge in [0.1, 0.15) is 0 Å². The molecule has 0 fully saturated rings. The average Bonchev–Trinajstić information content (AvgIpc) is 1.79. The molecule has 0 aliphatic rings. The lowest BCUT2D eigenvalue weighted by atomic mass is 9.94. The summed E-state index contributed by atoms with van der Waals surface area (Å²) in [6, 6.07) is 0.0417. The van der Waals surface area contributed by atoms with Crippen LogP contribution in [0.15, 0.2) is 0 Å². The molecule has 0 aromatic rings. The number of hydrogen-bond donors (Lipinski definition) is 1. The van der Waals surface area contributed by atoms with E-state index in [0.29, 0.717) is 11.8 Å². The molecule has 3 nitrogen and oxygen atoms in total. The van der Waals surface area contributed by atoms with Crippen molar-refractivity contribution in [2.24, 2.45) is 11.8 Å². The molecule has 0 atom stereocenters. The normalized spacial score (nSPS) is 13.3. The van der Waals surface area contributed by atoms with Crippen LogP contribution in [0.2, 0.25) is 0 Å². The Balaban J connectivity index is 4.35. The summed E-state index contributed by atoms with van der Waals surface area (Å²) in [6.07, 6.45) is 1.20. The predicted octanol–water partition coefficient (Wildman–Crippen LogP) is 1.22. The van der Waals surface area contributed by atoms with Gasteiger partial charge in [-0.2, -0.15) is 0 Å². The fourth-order valence-electron chi connectivity index (χ4n) is 1.29. The Morgan fingerprint density at radius 2 is 1.33 bits per heavy atom. The average molecular weight is 193 g/mol. The topological polar surface area (TPSA) is 46.2 Å².